The van der Waals surface area contributed by atoms with Crippen molar-refractivity contribution in [2.45, 2.75) is 24.9 Å². The minimum atomic E-state index is -0.557. The normalized spacial score (nSPS) is 17.1. The van der Waals surface area contributed by atoms with E-state index < -0.39 is 5.60 Å². The van der Waals surface area contributed by atoms with Crippen LogP contribution >= 0.6 is 0 Å². The van der Waals surface area contributed by atoms with Crippen LogP contribution in [0.25, 0.3) is 0 Å². The summed E-state index contributed by atoms with van der Waals surface area (Å²) in [7, 11) is 3.13. The molecule has 1 amide bonds. The molecule has 4 rings (SSSR count). The minimum Gasteiger partial charge on any atom is -0.497 e. The second-order valence-corrected chi connectivity index (χ2v) is 7.57. The van der Waals surface area contributed by atoms with Gasteiger partial charge in [0, 0.05) is 25.9 Å². The van der Waals surface area contributed by atoms with E-state index in [0.717, 1.165) is 0 Å². The van der Waals surface area contributed by atoms with Crippen LogP contribution < -0.4 is 18.9 Å². The Morgan fingerprint density at radius 3 is 2.50 bits per heavy atom. The molecule has 2 heterocycles. The van der Waals surface area contributed by atoms with E-state index in [1.54, 1.807) is 49.5 Å². The van der Waals surface area contributed by atoms with Crippen LogP contribution in [0.1, 0.15) is 29.6 Å². The summed E-state index contributed by atoms with van der Waals surface area (Å²) in [5.41, 5.74) is 0.00238. The number of para-hydroxylation sites is 2. The summed E-state index contributed by atoms with van der Waals surface area (Å²) < 4.78 is 22.4. The molecule has 0 radical (unpaired) electrons. The number of Topliss-reactive ketones (excluding diaryl/α,β-unsaturated/α-hetero) is 1. The highest BCUT2D eigenvalue weighted by atomic mass is 16.5. The van der Waals surface area contributed by atoms with E-state index in [4.69, 9.17) is 18.9 Å². The van der Waals surface area contributed by atoms with E-state index >= 15 is 0 Å². The Hall–Kier alpha value is -3.22. The zero-order valence-electron chi connectivity index (χ0n) is 17.2. The number of rotatable bonds is 5. The molecule has 0 aromatic heterocycles. The van der Waals surface area contributed by atoms with Crippen LogP contribution in [0.3, 0.4) is 0 Å². The van der Waals surface area contributed by atoms with E-state index in [2.05, 4.69) is 0 Å². The SMILES string of the molecule is COc1ccc2c(c1)C(=O)CC1(CCN(C(=O)COc3ccccc3OC)CC1)O2. The smallest absolute Gasteiger partial charge is 0.260 e. The number of nitrogens with zero attached hydrogens (tertiary/aromatic N) is 1. The van der Waals surface area contributed by atoms with Crippen LogP contribution in [-0.2, 0) is 4.79 Å². The molecule has 2 aliphatic heterocycles. The van der Waals surface area contributed by atoms with Gasteiger partial charge in [-0.2, -0.15) is 0 Å². The van der Waals surface area contributed by atoms with Gasteiger partial charge in [-0.15, -0.1) is 0 Å². The van der Waals surface area contributed by atoms with Gasteiger partial charge in [0.2, 0.25) is 0 Å². The van der Waals surface area contributed by atoms with Gasteiger partial charge < -0.3 is 23.8 Å². The van der Waals surface area contributed by atoms with Crippen LogP contribution in [0.15, 0.2) is 42.5 Å². The summed E-state index contributed by atoms with van der Waals surface area (Å²) in [5.74, 6) is 2.31. The maximum absolute atomic E-state index is 12.7. The number of ether oxygens (including phenoxy) is 4. The maximum Gasteiger partial charge on any atom is 0.260 e. The first-order chi connectivity index (χ1) is 14.5. The average molecular weight is 411 g/mol. The molecular formula is C23H25NO6. The number of ketones is 1. The molecule has 1 fully saturated rings. The Bertz CT molecular complexity index is 948. The van der Waals surface area contributed by atoms with Crippen LogP contribution in [0.5, 0.6) is 23.0 Å². The van der Waals surface area contributed by atoms with Crippen molar-refractivity contribution in [3.05, 3.63) is 48.0 Å². The molecule has 0 N–H and O–H groups in total. The number of amides is 1. The number of carbonyl (C=O) groups excluding carboxylic acids is 2. The van der Waals surface area contributed by atoms with Gasteiger partial charge in [-0.1, -0.05) is 12.1 Å². The van der Waals surface area contributed by atoms with Gasteiger partial charge in [0.1, 0.15) is 17.1 Å². The van der Waals surface area contributed by atoms with Gasteiger partial charge in [0.05, 0.1) is 26.2 Å². The molecule has 0 atom stereocenters. The molecule has 2 aromatic carbocycles. The van der Waals surface area contributed by atoms with Gasteiger partial charge in [-0.05, 0) is 30.3 Å². The number of methoxy groups -OCH3 is 2. The average Bonchev–Trinajstić information content (AvgIpc) is 2.78. The fraction of sp³-hybridized carbons (Fsp3) is 0.391. The molecule has 0 bridgehead atoms. The predicted octanol–water partition coefficient (Wildman–Crippen LogP) is 3.11. The monoisotopic (exact) mass is 411 g/mol. The van der Waals surface area contributed by atoms with Crippen molar-refractivity contribution >= 4 is 11.7 Å². The quantitative estimate of drug-likeness (QED) is 0.753. The van der Waals surface area contributed by atoms with E-state index in [-0.39, 0.29) is 18.3 Å². The van der Waals surface area contributed by atoms with E-state index in [1.165, 1.54) is 0 Å². The summed E-state index contributed by atoms with van der Waals surface area (Å²) in [6.45, 7) is 0.982. The fourth-order valence-corrected chi connectivity index (χ4v) is 4.01. The number of piperidine rings is 1. The molecule has 0 unspecified atom stereocenters. The molecule has 7 nitrogen and oxygen atoms in total. The molecule has 2 aromatic rings. The Kier molecular flexibility index (Phi) is 5.53. The van der Waals surface area contributed by atoms with Crippen LogP contribution in [0.4, 0.5) is 0 Å². The van der Waals surface area contributed by atoms with Crippen molar-refractivity contribution in [1.82, 2.24) is 4.90 Å². The van der Waals surface area contributed by atoms with E-state index in [1.807, 2.05) is 12.1 Å². The van der Waals surface area contributed by atoms with Gasteiger partial charge in [-0.3, -0.25) is 9.59 Å². The second kappa shape index (κ2) is 8.26. The zero-order chi connectivity index (χ0) is 21.1. The number of benzene rings is 2. The highest BCUT2D eigenvalue weighted by Crippen LogP contribution is 2.40. The lowest BCUT2D eigenvalue weighted by Gasteiger charge is -2.43. The topological polar surface area (TPSA) is 74.3 Å². The number of likely N-dealkylation sites (tertiary alicyclic amines) is 1. The Balaban J connectivity index is 1.36. The minimum absolute atomic E-state index is 0.0504. The summed E-state index contributed by atoms with van der Waals surface area (Å²) in [4.78, 5) is 27.1. The predicted molar refractivity (Wildman–Crippen MR) is 110 cm³/mol. The third-order valence-corrected chi connectivity index (χ3v) is 5.74. The van der Waals surface area contributed by atoms with Crippen molar-refractivity contribution in [3.8, 4) is 23.0 Å². The van der Waals surface area contributed by atoms with Gasteiger partial charge >= 0.3 is 0 Å². The molecule has 7 heteroatoms. The zero-order valence-corrected chi connectivity index (χ0v) is 17.2. The van der Waals surface area contributed by atoms with Crippen LogP contribution in [0.2, 0.25) is 0 Å². The molecule has 0 saturated carbocycles. The lowest BCUT2D eigenvalue weighted by Crippen LogP contribution is -2.53. The Morgan fingerprint density at radius 1 is 1.07 bits per heavy atom. The number of hydrogen-bond donors (Lipinski definition) is 0. The van der Waals surface area contributed by atoms with E-state index in [9.17, 15) is 9.59 Å². The standard InChI is InChI=1S/C23H25NO6/c1-27-16-7-8-19-17(13-16)18(25)14-23(30-19)9-11-24(12-10-23)22(26)15-29-21-6-4-3-5-20(21)28-2/h3-8,13H,9-12,14-15H2,1-2H3. The number of carbonyl (C=O) groups is 2. The summed E-state index contributed by atoms with van der Waals surface area (Å²) >= 11 is 0. The van der Waals surface area contributed by atoms with Crippen molar-refractivity contribution < 1.29 is 28.5 Å². The lowest BCUT2D eigenvalue weighted by molar-refractivity contribution is -0.136. The van der Waals surface area contributed by atoms with E-state index in [0.29, 0.717) is 60.9 Å². The molecule has 1 spiro atoms. The van der Waals surface area contributed by atoms with Crippen LogP contribution in [0, 0.1) is 0 Å². The number of hydrogen-bond acceptors (Lipinski definition) is 6. The number of fused-ring (bicyclic) bond motifs is 1. The van der Waals surface area contributed by atoms with Gasteiger partial charge in [0.25, 0.3) is 5.91 Å². The molecule has 158 valence electrons. The van der Waals surface area contributed by atoms with Crippen LogP contribution in [-0.4, -0.2) is 56.1 Å². The van der Waals surface area contributed by atoms with Crippen molar-refractivity contribution in [1.29, 1.82) is 0 Å². The maximum atomic E-state index is 12.7. The molecular weight excluding hydrogens is 386 g/mol. The third kappa shape index (κ3) is 3.92. The first-order valence-corrected chi connectivity index (χ1v) is 9.97. The van der Waals surface area contributed by atoms with Gasteiger partial charge in [0.15, 0.2) is 23.9 Å². The highest BCUT2D eigenvalue weighted by molar-refractivity contribution is 6.00. The first kappa shape index (κ1) is 20.1. The van der Waals surface area contributed by atoms with Crippen molar-refractivity contribution in [3.63, 3.8) is 0 Å². The molecule has 30 heavy (non-hydrogen) atoms. The summed E-state index contributed by atoms with van der Waals surface area (Å²) in [5, 5.41) is 0. The molecule has 0 aliphatic carbocycles. The summed E-state index contributed by atoms with van der Waals surface area (Å²) in [6, 6.07) is 12.5. The molecule has 1 saturated heterocycles. The second-order valence-electron chi connectivity index (χ2n) is 7.57. The molecule has 2 aliphatic rings. The largest absolute Gasteiger partial charge is 0.497 e. The highest BCUT2D eigenvalue weighted by Gasteiger charge is 2.43. The third-order valence-electron chi connectivity index (χ3n) is 5.74. The Morgan fingerprint density at radius 2 is 1.80 bits per heavy atom. The Labute approximate surface area is 175 Å². The first-order valence-electron chi connectivity index (χ1n) is 9.97. The lowest BCUT2D eigenvalue weighted by atomic mass is 9.82. The summed E-state index contributed by atoms with van der Waals surface area (Å²) in [6.07, 6.45) is 1.52. The van der Waals surface area contributed by atoms with Crippen molar-refractivity contribution in [2.75, 3.05) is 33.9 Å². The van der Waals surface area contributed by atoms with Gasteiger partial charge in [-0.25, -0.2) is 0 Å². The van der Waals surface area contributed by atoms with Crippen molar-refractivity contribution in [2.24, 2.45) is 0 Å². The fourth-order valence-electron chi connectivity index (χ4n) is 4.01.